The van der Waals surface area contributed by atoms with E-state index in [1.54, 1.807) is 7.11 Å². The van der Waals surface area contributed by atoms with Crippen molar-refractivity contribution in [3.8, 4) is 5.88 Å². The highest BCUT2D eigenvalue weighted by molar-refractivity contribution is 7.79. The first-order valence-electron chi connectivity index (χ1n) is 4.38. The Bertz CT molecular complexity index is 413. The number of hydrogen-bond donors (Lipinski definition) is 1. The molecule has 0 saturated carbocycles. The molecule has 14 heavy (non-hydrogen) atoms. The van der Waals surface area contributed by atoms with E-state index in [4.69, 9.17) is 4.74 Å². The van der Waals surface area contributed by atoms with Crippen LogP contribution in [-0.2, 0) is 5.75 Å². The fourth-order valence-corrected chi connectivity index (χ4v) is 1.66. The molecule has 0 fully saturated rings. The maximum atomic E-state index is 5.18. The van der Waals surface area contributed by atoms with Crippen LogP contribution in [0.1, 0.15) is 5.56 Å². The number of rotatable bonds is 2. The topological polar surface area (TPSA) is 22.1 Å². The molecule has 0 atom stereocenters. The zero-order valence-corrected chi connectivity index (χ0v) is 8.79. The Balaban J connectivity index is 2.69. The van der Waals surface area contributed by atoms with E-state index in [-0.39, 0.29) is 0 Å². The van der Waals surface area contributed by atoms with Gasteiger partial charge in [-0.2, -0.15) is 12.6 Å². The number of nitrogens with zero attached hydrogens (tertiary/aromatic N) is 1. The standard InChI is InChI=1S/C11H11NOS/c1-13-11-9(7-14)6-8-4-2-3-5-10(8)12-11/h2-6,14H,7H2,1H3. The van der Waals surface area contributed by atoms with Gasteiger partial charge in [-0.25, -0.2) is 4.98 Å². The average Bonchev–Trinajstić information content (AvgIpc) is 2.27. The van der Waals surface area contributed by atoms with E-state index in [0.29, 0.717) is 11.6 Å². The van der Waals surface area contributed by atoms with E-state index in [0.717, 1.165) is 16.5 Å². The number of benzene rings is 1. The van der Waals surface area contributed by atoms with Gasteiger partial charge >= 0.3 is 0 Å². The van der Waals surface area contributed by atoms with Gasteiger partial charge < -0.3 is 4.74 Å². The zero-order chi connectivity index (χ0) is 9.97. The van der Waals surface area contributed by atoms with E-state index in [1.165, 1.54) is 0 Å². The minimum absolute atomic E-state index is 0.640. The Morgan fingerprint density at radius 3 is 2.86 bits per heavy atom. The molecule has 0 saturated heterocycles. The van der Waals surface area contributed by atoms with Crippen molar-refractivity contribution in [2.24, 2.45) is 0 Å². The van der Waals surface area contributed by atoms with Crippen molar-refractivity contribution in [2.45, 2.75) is 5.75 Å². The smallest absolute Gasteiger partial charge is 0.217 e. The monoisotopic (exact) mass is 205 g/mol. The molecule has 0 bridgehead atoms. The third kappa shape index (κ3) is 1.55. The van der Waals surface area contributed by atoms with E-state index in [2.05, 4.69) is 23.7 Å². The number of methoxy groups -OCH3 is 1. The Morgan fingerprint density at radius 2 is 2.14 bits per heavy atom. The number of pyridine rings is 1. The highest BCUT2D eigenvalue weighted by Crippen LogP contribution is 2.22. The highest BCUT2D eigenvalue weighted by Gasteiger charge is 2.04. The maximum Gasteiger partial charge on any atom is 0.217 e. The van der Waals surface area contributed by atoms with Crippen LogP contribution in [0.4, 0.5) is 0 Å². The summed E-state index contributed by atoms with van der Waals surface area (Å²) in [5.74, 6) is 1.31. The molecule has 0 aliphatic rings. The van der Waals surface area contributed by atoms with Crippen molar-refractivity contribution in [1.29, 1.82) is 0 Å². The summed E-state index contributed by atoms with van der Waals surface area (Å²) in [6, 6.07) is 10.0. The van der Waals surface area contributed by atoms with Gasteiger partial charge in [0.2, 0.25) is 5.88 Å². The lowest BCUT2D eigenvalue weighted by atomic mass is 10.2. The van der Waals surface area contributed by atoms with Crippen molar-refractivity contribution in [2.75, 3.05) is 7.11 Å². The second-order valence-electron chi connectivity index (χ2n) is 3.01. The van der Waals surface area contributed by atoms with E-state index in [1.807, 2.05) is 24.3 Å². The molecule has 0 amide bonds. The third-order valence-corrected chi connectivity index (χ3v) is 2.47. The van der Waals surface area contributed by atoms with Crippen molar-refractivity contribution in [1.82, 2.24) is 4.98 Å². The first-order valence-corrected chi connectivity index (χ1v) is 5.02. The summed E-state index contributed by atoms with van der Waals surface area (Å²) >= 11 is 4.24. The molecule has 1 aromatic heterocycles. The second kappa shape index (κ2) is 3.88. The van der Waals surface area contributed by atoms with Gasteiger partial charge in [0.15, 0.2) is 0 Å². The Morgan fingerprint density at radius 1 is 1.36 bits per heavy atom. The van der Waals surface area contributed by atoms with Gasteiger partial charge in [-0.3, -0.25) is 0 Å². The Labute approximate surface area is 88.3 Å². The van der Waals surface area contributed by atoms with Crippen LogP contribution in [0.5, 0.6) is 5.88 Å². The summed E-state index contributed by atoms with van der Waals surface area (Å²) in [5.41, 5.74) is 1.98. The lowest BCUT2D eigenvalue weighted by molar-refractivity contribution is 0.396. The normalized spacial score (nSPS) is 10.4. The minimum atomic E-state index is 0.640. The number of hydrogen-bond acceptors (Lipinski definition) is 3. The maximum absolute atomic E-state index is 5.18. The molecule has 0 aliphatic carbocycles. The molecule has 3 heteroatoms. The molecule has 1 aromatic carbocycles. The minimum Gasteiger partial charge on any atom is -0.481 e. The van der Waals surface area contributed by atoms with Crippen LogP contribution in [-0.4, -0.2) is 12.1 Å². The predicted octanol–water partition coefficient (Wildman–Crippen LogP) is 2.67. The summed E-state index contributed by atoms with van der Waals surface area (Å²) in [6.07, 6.45) is 0. The quantitative estimate of drug-likeness (QED) is 0.761. The molecule has 1 heterocycles. The number of para-hydroxylation sites is 1. The van der Waals surface area contributed by atoms with Gasteiger partial charge in [-0.15, -0.1) is 0 Å². The summed E-state index contributed by atoms with van der Waals surface area (Å²) in [7, 11) is 1.63. The predicted molar refractivity (Wildman–Crippen MR) is 61.0 cm³/mol. The molecule has 0 N–H and O–H groups in total. The van der Waals surface area contributed by atoms with Gasteiger partial charge in [0.25, 0.3) is 0 Å². The molecule has 72 valence electrons. The molecule has 0 unspecified atom stereocenters. The number of fused-ring (bicyclic) bond motifs is 1. The van der Waals surface area contributed by atoms with Crippen LogP contribution in [0.15, 0.2) is 30.3 Å². The summed E-state index contributed by atoms with van der Waals surface area (Å²) in [4.78, 5) is 4.39. The number of aromatic nitrogens is 1. The van der Waals surface area contributed by atoms with Crippen molar-refractivity contribution >= 4 is 23.5 Å². The lowest BCUT2D eigenvalue weighted by Crippen LogP contribution is -1.93. The van der Waals surface area contributed by atoms with Crippen molar-refractivity contribution in [3.63, 3.8) is 0 Å². The van der Waals surface area contributed by atoms with Gasteiger partial charge in [0.05, 0.1) is 12.6 Å². The summed E-state index contributed by atoms with van der Waals surface area (Å²) in [6.45, 7) is 0. The van der Waals surface area contributed by atoms with Gasteiger partial charge in [0.1, 0.15) is 0 Å². The van der Waals surface area contributed by atoms with Crippen LogP contribution in [0.2, 0.25) is 0 Å². The van der Waals surface area contributed by atoms with E-state index in [9.17, 15) is 0 Å². The molecule has 2 nitrogen and oxygen atoms in total. The highest BCUT2D eigenvalue weighted by atomic mass is 32.1. The fourth-order valence-electron chi connectivity index (χ4n) is 1.43. The van der Waals surface area contributed by atoms with E-state index < -0.39 is 0 Å². The largest absolute Gasteiger partial charge is 0.481 e. The molecular formula is C11H11NOS. The van der Waals surface area contributed by atoms with Gasteiger partial charge in [-0.05, 0) is 12.1 Å². The average molecular weight is 205 g/mol. The third-order valence-electron chi connectivity index (χ3n) is 2.13. The van der Waals surface area contributed by atoms with Crippen molar-refractivity contribution < 1.29 is 4.74 Å². The molecule has 0 spiro atoms. The van der Waals surface area contributed by atoms with Crippen LogP contribution < -0.4 is 4.74 Å². The fraction of sp³-hybridized carbons (Fsp3) is 0.182. The zero-order valence-electron chi connectivity index (χ0n) is 7.90. The first kappa shape index (κ1) is 9.34. The number of thiol groups is 1. The lowest BCUT2D eigenvalue weighted by Gasteiger charge is -2.06. The SMILES string of the molecule is COc1nc2ccccc2cc1CS. The van der Waals surface area contributed by atoms with Crippen LogP contribution >= 0.6 is 12.6 Å². The van der Waals surface area contributed by atoms with E-state index >= 15 is 0 Å². The first-order chi connectivity index (χ1) is 6.85. The second-order valence-corrected chi connectivity index (χ2v) is 3.32. The molecule has 2 aromatic rings. The summed E-state index contributed by atoms with van der Waals surface area (Å²) in [5, 5.41) is 1.12. The Kier molecular flexibility index (Phi) is 2.59. The van der Waals surface area contributed by atoms with Crippen molar-refractivity contribution in [3.05, 3.63) is 35.9 Å². The molecule has 0 aliphatic heterocycles. The number of ether oxygens (including phenoxy) is 1. The summed E-state index contributed by atoms with van der Waals surface area (Å²) < 4.78 is 5.18. The van der Waals surface area contributed by atoms with Gasteiger partial charge in [-0.1, -0.05) is 18.2 Å². The molecule has 0 radical (unpaired) electrons. The Hall–Kier alpha value is -1.22. The van der Waals surface area contributed by atoms with Gasteiger partial charge in [0, 0.05) is 16.7 Å². The molecular weight excluding hydrogens is 194 g/mol. The van der Waals surface area contributed by atoms with Crippen LogP contribution in [0.25, 0.3) is 10.9 Å². The van der Waals surface area contributed by atoms with Crippen LogP contribution in [0, 0.1) is 0 Å². The molecule has 2 rings (SSSR count). The van der Waals surface area contributed by atoms with Crippen LogP contribution in [0.3, 0.4) is 0 Å².